The molecular formula is C9H12N6S. The van der Waals surface area contributed by atoms with Gasteiger partial charge in [-0.2, -0.15) is 5.10 Å². The third-order valence-electron chi connectivity index (χ3n) is 1.89. The van der Waals surface area contributed by atoms with Crippen molar-refractivity contribution in [2.45, 2.75) is 12.1 Å². The van der Waals surface area contributed by atoms with Crippen LogP contribution in [0.1, 0.15) is 6.92 Å². The van der Waals surface area contributed by atoms with Gasteiger partial charge in [0.25, 0.3) is 0 Å². The van der Waals surface area contributed by atoms with E-state index in [1.807, 2.05) is 19.2 Å². The maximum atomic E-state index is 4.35. The van der Waals surface area contributed by atoms with E-state index in [2.05, 4.69) is 25.4 Å². The van der Waals surface area contributed by atoms with Crippen LogP contribution >= 0.6 is 11.8 Å². The molecular weight excluding hydrogens is 224 g/mol. The van der Waals surface area contributed by atoms with Crippen LogP contribution in [0.5, 0.6) is 0 Å². The van der Waals surface area contributed by atoms with E-state index in [1.165, 1.54) is 18.1 Å². The molecule has 0 atom stereocenters. The summed E-state index contributed by atoms with van der Waals surface area (Å²) >= 11 is 1.50. The molecule has 1 N–H and O–H groups in total. The first-order chi connectivity index (χ1) is 7.83. The minimum atomic E-state index is 0.712. The molecule has 2 rings (SSSR count). The van der Waals surface area contributed by atoms with E-state index in [4.69, 9.17) is 0 Å². The number of hydrogen-bond acceptors (Lipinski definition) is 6. The molecule has 2 aromatic heterocycles. The molecule has 0 radical (unpaired) electrons. The smallest absolute Gasteiger partial charge is 0.191 e. The Kier molecular flexibility index (Phi) is 3.35. The Morgan fingerprint density at radius 2 is 2.31 bits per heavy atom. The molecule has 0 spiro atoms. The van der Waals surface area contributed by atoms with Crippen LogP contribution < -0.4 is 5.32 Å². The molecule has 2 heterocycles. The van der Waals surface area contributed by atoms with E-state index in [-0.39, 0.29) is 0 Å². The van der Waals surface area contributed by atoms with E-state index >= 15 is 0 Å². The molecule has 0 fully saturated rings. The Morgan fingerprint density at radius 3 is 2.94 bits per heavy atom. The van der Waals surface area contributed by atoms with Crippen molar-refractivity contribution in [3.63, 3.8) is 0 Å². The van der Waals surface area contributed by atoms with Crippen molar-refractivity contribution in [1.29, 1.82) is 0 Å². The normalized spacial score (nSPS) is 10.4. The highest BCUT2D eigenvalue weighted by atomic mass is 32.2. The van der Waals surface area contributed by atoms with Crippen molar-refractivity contribution < 1.29 is 0 Å². The fourth-order valence-electron chi connectivity index (χ4n) is 1.22. The van der Waals surface area contributed by atoms with Crippen molar-refractivity contribution in [3.8, 4) is 5.82 Å². The number of nitrogens with zero attached hydrogens (tertiary/aromatic N) is 5. The van der Waals surface area contributed by atoms with Crippen LogP contribution in [0, 0.1) is 0 Å². The average Bonchev–Trinajstić information content (AvgIpc) is 2.82. The Bertz CT molecular complexity index is 455. The second kappa shape index (κ2) is 4.93. The number of thioether (sulfide) groups is 1. The lowest BCUT2D eigenvalue weighted by Gasteiger charge is -2.06. The largest absolute Gasteiger partial charge is 0.370 e. The summed E-state index contributed by atoms with van der Waals surface area (Å²) in [6.45, 7) is 2.84. The lowest BCUT2D eigenvalue weighted by molar-refractivity contribution is 0.806. The zero-order chi connectivity index (χ0) is 11.4. The molecule has 0 amide bonds. The van der Waals surface area contributed by atoms with E-state index in [0.717, 1.165) is 12.4 Å². The number of hydrogen-bond donors (Lipinski definition) is 1. The van der Waals surface area contributed by atoms with Crippen molar-refractivity contribution in [3.05, 3.63) is 18.7 Å². The Labute approximate surface area is 97.5 Å². The van der Waals surface area contributed by atoms with Gasteiger partial charge in [0.2, 0.25) is 0 Å². The SMILES string of the molecule is CCNc1cc(-n2cncn2)nc(SC)n1. The molecule has 0 bridgehead atoms. The van der Waals surface area contributed by atoms with Gasteiger partial charge in [0.15, 0.2) is 11.0 Å². The van der Waals surface area contributed by atoms with Gasteiger partial charge in [0.05, 0.1) is 0 Å². The van der Waals surface area contributed by atoms with Crippen LogP contribution in [0.2, 0.25) is 0 Å². The molecule has 0 saturated carbocycles. The van der Waals surface area contributed by atoms with Crippen molar-refractivity contribution in [2.75, 3.05) is 18.1 Å². The third kappa shape index (κ3) is 2.30. The van der Waals surface area contributed by atoms with E-state index in [1.54, 1.807) is 11.0 Å². The Balaban J connectivity index is 2.41. The molecule has 0 aromatic carbocycles. The molecule has 0 saturated heterocycles. The first-order valence-corrected chi connectivity index (χ1v) is 6.08. The van der Waals surface area contributed by atoms with Gasteiger partial charge >= 0.3 is 0 Å². The Morgan fingerprint density at radius 1 is 1.44 bits per heavy atom. The number of nitrogens with one attached hydrogen (secondary N) is 1. The lowest BCUT2D eigenvalue weighted by Crippen LogP contribution is -2.05. The lowest BCUT2D eigenvalue weighted by atomic mass is 10.5. The van der Waals surface area contributed by atoms with Crippen LogP contribution in [0.3, 0.4) is 0 Å². The molecule has 7 heteroatoms. The van der Waals surface area contributed by atoms with Crippen molar-refractivity contribution in [1.82, 2.24) is 24.7 Å². The predicted octanol–water partition coefficient (Wildman–Crippen LogP) is 1.21. The minimum Gasteiger partial charge on any atom is -0.370 e. The van der Waals surface area contributed by atoms with Gasteiger partial charge in [0.1, 0.15) is 18.5 Å². The van der Waals surface area contributed by atoms with Gasteiger partial charge in [-0.3, -0.25) is 0 Å². The maximum absolute atomic E-state index is 4.35. The maximum Gasteiger partial charge on any atom is 0.191 e. The summed E-state index contributed by atoms with van der Waals surface area (Å²) in [5.74, 6) is 1.51. The zero-order valence-electron chi connectivity index (χ0n) is 9.08. The second-order valence-electron chi connectivity index (χ2n) is 2.97. The van der Waals surface area contributed by atoms with Crippen LogP contribution in [0.25, 0.3) is 5.82 Å². The second-order valence-corrected chi connectivity index (χ2v) is 3.74. The molecule has 0 unspecified atom stereocenters. The van der Waals surface area contributed by atoms with Crippen LogP contribution in [0.15, 0.2) is 23.9 Å². The molecule has 0 aliphatic rings. The quantitative estimate of drug-likeness (QED) is 0.635. The van der Waals surface area contributed by atoms with Gasteiger partial charge in [-0.1, -0.05) is 11.8 Å². The molecule has 16 heavy (non-hydrogen) atoms. The Hall–Kier alpha value is -1.63. The highest BCUT2D eigenvalue weighted by Gasteiger charge is 2.05. The van der Waals surface area contributed by atoms with Gasteiger partial charge in [-0.25, -0.2) is 19.6 Å². The van der Waals surface area contributed by atoms with Gasteiger partial charge in [-0.15, -0.1) is 0 Å². The first-order valence-electron chi connectivity index (χ1n) is 4.85. The third-order valence-corrected chi connectivity index (χ3v) is 2.43. The summed E-state index contributed by atoms with van der Waals surface area (Å²) in [6.07, 6.45) is 5.03. The predicted molar refractivity (Wildman–Crippen MR) is 62.9 cm³/mol. The molecule has 2 aromatic rings. The van der Waals surface area contributed by atoms with E-state index in [9.17, 15) is 0 Å². The number of rotatable bonds is 4. The molecule has 84 valence electrons. The molecule has 0 aliphatic heterocycles. The van der Waals surface area contributed by atoms with E-state index in [0.29, 0.717) is 11.0 Å². The van der Waals surface area contributed by atoms with E-state index < -0.39 is 0 Å². The number of anilines is 1. The summed E-state index contributed by atoms with van der Waals surface area (Å²) in [5, 5.41) is 7.91. The summed E-state index contributed by atoms with van der Waals surface area (Å²) in [5.41, 5.74) is 0. The van der Waals surface area contributed by atoms with Crippen LogP contribution in [-0.4, -0.2) is 37.5 Å². The fraction of sp³-hybridized carbons (Fsp3) is 0.333. The summed E-state index contributed by atoms with van der Waals surface area (Å²) < 4.78 is 1.61. The monoisotopic (exact) mass is 236 g/mol. The topological polar surface area (TPSA) is 68.5 Å². The van der Waals surface area contributed by atoms with Crippen LogP contribution in [0.4, 0.5) is 5.82 Å². The minimum absolute atomic E-state index is 0.712. The first kappa shape index (κ1) is 10.9. The molecule has 6 nitrogen and oxygen atoms in total. The highest BCUT2D eigenvalue weighted by Crippen LogP contribution is 2.15. The fourth-order valence-corrected chi connectivity index (χ4v) is 1.59. The summed E-state index contributed by atoms with van der Waals surface area (Å²) in [6, 6.07) is 1.85. The van der Waals surface area contributed by atoms with Crippen molar-refractivity contribution >= 4 is 17.6 Å². The van der Waals surface area contributed by atoms with Crippen molar-refractivity contribution in [2.24, 2.45) is 0 Å². The summed E-state index contributed by atoms with van der Waals surface area (Å²) in [4.78, 5) is 12.6. The standard InChI is InChI=1S/C9H12N6S/c1-3-11-7-4-8(14-9(13-7)16-2)15-6-10-5-12-15/h4-6H,3H2,1-2H3,(H,11,13,14). The zero-order valence-corrected chi connectivity index (χ0v) is 9.90. The van der Waals surface area contributed by atoms with Gasteiger partial charge in [0, 0.05) is 12.6 Å². The average molecular weight is 236 g/mol. The van der Waals surface area contributed by atoms with Crippen LogP contribution in [-0.2, 0) is 0 Å². The van der Waals surface area contributed by atoms with Gasteiger partial charge in [-0.05, 0) is 13.2 Å². The molecule has 0 aliphatic carbocycles. The van der Waals surface area contributed by atoms with Gasteiger partial charge < -0.3 is 5.32 Å². The number of aromatic nitrogens is 5. The summed E-state index contributed by atoms with van der Waals surface area (Å²) in [7, 11) is 0. The highest BCUT2D eigenvalue weighted by molar-refractivity contribution is 7.98.